The molecule has 6 heteroatoms. The van der Waals surface area contributed by atoms with E-state index in [1.165, 1.54) is 7.27 Å². The number of methoxy groups -OCH3 is 1. The maximum absolute atomic E-state index is 5.36. The number of rotatable bonds is 5. The molecule has 0 bridgehead atoms. The predicted molar refractivity (Wildman–Crippen MR) is 66.5 cm³/mol. The van der Waals surface area contributed by atoms with Crippen LogP contribution in [0.15, 0.2) is 23.1 Å². The van der Waals surface area contributed by atoms with Crippen LogP contribution in [0.5, 0.6) is 5.75 Å². The van der Waals surface area contributed by atoms with E-state index in [1.807, 2.05) is 18.2 Å². The van der Waals surface area contributed by atoms with Crippen LogP contribution in [0.1, 0.15) is 0 Å². The topological polar surface area (TPSA) is 40.0 Å². The van der Waals surface area contributed by atoms with E-state index in [-0.39, 0.29) is 6.79 Å². The van der Waals surface area contributed by atoms with Crippen LogP contribution >= 0.6 is 22.6 Å². The first-order valence-electron chi connectivity index (χ1n) is 4.25. The summed E-state index contributed by atoms with van der Waals surface area (Å²) in [5.74, 6) is 0.753. The van der Waals surface area contributed by atoms with Crippen molar-refractivity contribution in [2.24, 2.45) is 4.90 Å². The number of benzene rings is 1. The third-order valence-corrected chi connectivity index (χ3v) is 2.66. The van der Waals surface area contributed by atoms with Gasteiger partial charge in [-0.15, -0.1) is 0 Å². The molecule has 0 spiro atoms. The Morgan fingerprint density at radius 2 is 2.20 bits per heavy atom. The van der Waals surface area contributed by atoms with Gasteiger partial charge in [-0.1, -0.05) is 0 Å². The van der Waals surface area contributed by atoms with Gasteiger partial charge in [0.1, 0.15) is 0 Å². The van der Waals surface area contributed by atoms with E-state index in [0.717, 1.165) is 15.0 Å². The number of hydrogen-bond acceptors (Lipinski definition) is 4. The van der Waals surface area contributed by atoms with Gasteiger partial charge in [-0.2, -0.15) is 0 Å². The van der Waals surface area contributed by atoms with E-state index >= 15 is 0 Å². The molecule has 0 aliphatic carbocycles. The van der Waals surface area contributed by atoms with E-state index in [0.29, 0.717) is 0 Å². The third kappa shape index (κ3) is 3.79. The number of nitrogens with zero attached hydrogens (tertiary/aromatic N) is 1. The SMILES string of the molecule is COB=Nc1cccc(OCOC)c1I. The van der Waals surface area contributed by atoms with E-state index in [1.54, 1.807) is 14.2 Å². The summed E-state index contributed by atoms with van der Waals surface area (Å²) >= 11 is 2.17. The maximum atomic E-state index is 5.36. The second-order valence-corrected chi connectivity index (χ2v) is 3.69. The summed E-state index contributed by atoms with van der Waals surface area (Å²) in [5, 5.41) is 0. The van der Waals surface area contributed by atoms with Gasteiger partial charge in [0, 0.05) is 0 Å². The zero-order chi connectivity index (χ0) is 11.1. The van der Waals surface area contributed by atoms with E-state index in [2.05, 4.69) is 27.5 Å². The molecule has 80 valence electrons. The van der Waals surface area contributed by atoms with Crippen LogP contribution in [0.2, 0.25) is 0 Å². The fraction of sp³-hybridized carbons (Fsp3) is 0.333. The van der Waals surface area contributed by atoms with Crippen molar-refractivity contribution in [2.45, 2.75) is 0 Å². The molecule has 0 fully saturated rings. The second kappa shape index (κ2) is 6.78. The molecule has 0 saturated heterocycles. The normalized spacial score (nSPS) is 10.1. The first-order valence-corrected chi connectivity index (χ1v) is 5.33. The number of ether oxygens (including phenoxy) is 2. The molecule has 4 nitrogen and oxygen atoms in total. The van der Waals surface area contributed by atoms with E-state index in [4.69, 9.17) is 14.1 Å². The summed E-state index contributed by atoms with van der Waals surface area (Å²) in [6.07, 6.45) is 0. The van der Waals surface area contributed by atoms with E-state index < -0.39 is 0 Å². The molecule has 0 aliphatic heterocycles. The van der Waals surface area contributed by atoms with Gasteiger partial charge in [-0.25, -0.2) is 0 Å². The van der Waals surface area contributed by atoms with Gasteiger partial charge in [0.05, 0.1) is 0 Å². The van der Waals surface area contributed by atoms with Crippen molar-refractivity contribution in [1.29, 1.82) is 0 Å². The average molecular weight is 319 g/mol. The van der Waals surface area contributed by atoms with Crippen molar-refractivity contribution < 1.29 is 14.1 Å². The van der Waals surface area contributed by atoms with E-state index in [9.17, 15) is 0 Å². The molecule has 1 rings (SSSR count). The summed E-state index contributed by atoms with van der Waals surface area (Å²) in [7, 11) is 4.53. The predicted octanol–water partition coefficient (Wildman–Crippen LogP) is 2.35. The molecular formula is C9H11BINO3. The molecule has 0 N–H and O–H groups in total. The van der Waals surface area contributed by atoms with Crippen LogP contribution in [0.25, 0.3) is 0 Å². The summed E-state index contributed by atoms with van der Waals surface area (Å²) in [5.41, 5.74) is 0.811. The van der Waals surface area contributed by atoms with Gasteiger partial charge in [0.2, 0.25) is 0 Å². The summed E-state index contributed by atoms with van der Waals surface area (Å²) in [6, 6.07) is 5.62. The Balaban J connectivity index is 2.85. The van der Waals surface area contributed by atoms with Crippen LogP contribution in [-0.4, -0.2) is 28.3 Å². The van der Waals surface area contributed by atoms with Gasteiger partial charge < -0.3 is 0 Å². The zero-order valence-corrected chi connectivity index (χ0v) is 10.7. The molecule has 15 heavy (non-hydrogen) atoms. The number of hydrogen-bond donors (Lipinski definition) is 0. The summed E-state index contributed by atoms with van der Waals surface area (Å²) in [4.78, 5) is 4.12. The van der Waals surface area contributed by atoms with Gasteiger partial charge in [0.25, 0.3) is 0 Å². The first kappa shape index (κ1) is 12.4. The molecule has 0 saturated carbocycles. The number of halogens is 1. The fourth-order valence-corrected chi connectivity index (χ4v) is 1.60. The molecule has 0 heterocycles. The Kier molecular flexibility index (Phi) is 5.63. The van der Waals surface area contributed by atoms with Gasteiger partial charge >= 0.3 is 103 Å². The molecule has 1 aromatic rings. The molecule has 0 radical (unpaired) electrons. The molecule has 0 aliphatic rings. The Morgan fingerprint density at radius 1 is 1.40 bits per heavy atom. The van der Waals surface area contributed by atoms with Crippen molar-refractivity contribution in [3.8, 4) is 5.75 Å². The molecule has 0 unspecified atom stereocenters. The summed E-state index contributed by atoms with van der Waals surface area (Å²) in [6.45, 7) is 0.230. The van der Waals surface area contributed by atoms with Crippen LogP contribution in [0.3, 0.4) is 0 Å². The first-order chi connectivity index (χ1) is 7.29. The standard InChI is InChI=1S/C9H11BINO3/c1-13-6-15-8-5-3-4-7(9(8)11)12-10-14-2/h3-5H,6H2,1-2H3. The summed E-state index contributed by atoms with van der Waals surface area (Å²) < 4.78 is 15.9. The Labute approximate surface area is 103 Å². The van der Waals surface area contributed by atoms with Crippen LogP contribution in [-0.2, 0) is 9.39 Å². The zero-order valence-electron chi connectivity index (χ0n) is 8.57. The van der Waals surface area contributed by atoms with Crippen molar-refractivity contribution in [3.63, 3.8) is 0 Å². The average Bonchev–Trinajstić information content (AvgIpc) is 2.26. The van der Waals surface area contributed by atoms with Gasteiger partial charge in [0.15, 0.2) is 0 Å². The van der Waals surface area contributed by atoms with Crippen LogP contribution < -0.4 is 4.74 Å². The van der Waals surface area contributed by atoms with Crippen molar-refractivity contribution >= 4 is 35.6 Å². The monoisotopic (exact) mass is 319 g/mol. The molecule has 0 atom stereocenters. The molecule has 1 aromatic carbocycles. The third-order valence-electron chi connectivity index (χ3n) is 1.57. The van der Waals surface area contributed by atoms with Crippen molar-refractivity contribution in [1.82, 2.24) is 0 Å². The molecule has 0 amide bonds. The Hall–Kier alpha value is -0.625. The minimum atomic E-state index is 0.230. The molecular weight excluding hydrogens is 308 g/mol. The van der Waals surface area contributed by atoms with Gasteiger partial charge in [-0.3, -0.25) is 0 Å². The van der Waals surface area contributed by atoms with Gasteiger partial charge in [-0.05, 0) is 0 Å². The minimum absolute atomic E-state index is 0.230. The quantitative estimate of drug-likeness (QED) is 0.475. The van der Waals surface area contributed by atoms with Crippen LogP contribution in [0.4, 0.5) is 5.69 Å². The Morgan fingerprint density at radius 3 is 2.87 bits per heavy atom. The van der Waals surface area contributed by atoms with Crippen molar-refractivity contribution in [3.05, 3.63) is 21.8 Å². The van der Waals surface area contributed by atoms with Crippen molar-refractivity contribution in [2.75, 3.05) is 21.0 Å². The van der Waals surface area contributed by atoms with Crippen LogP contribution in [0, 0.1) is 3.57 Å². The Bertz CT molecular complexity index is 346. The molecule has 0 aromatic heterocycles. The second-order valence-electron chi connectivity index (χ2n) is 2.61. The fourth-order valence-electron chi connectivity index (χ4n) is 0.942.